The van der Waals surface area contributed by atoms with Gasteiger partial charge in [-0.05, 0) is 71.8 Å². The van der Waals surface area contributed by atoms with Crippen molar-refractivity contribution in [1.82, 2.24) is 29.1 Å². The van der Waals surface area contributed by atoms with Crippen LogP contribution in [0.2, 0.25) is 0 Å². The summed E-state index contributed by atoms with van der Waals surface area (Å²) in [5, 5.41) is 4.76. The van der Waals surface area contributed by atoms with Crippen LogP contribution in [0.25, 0.3) is 88.6 Å². The van der Waals surface area contributed by atoms with Crippen molar-refractivity contribution in [2.24, 2.45) is 0 Å². The lowest BCUT2D eigenvalue weighted by atomic mass is 10.0. The van der Waals surface area contributed by atoms with Gasteiger partial charge in [-0.3, -0.25) is 19.9 Å². The summed E-state index contributed by atoms with van der Waals surface area (Å²) in [6.07, 6.45) is 11.5. The Bertz CT molecular complexity index is 2740. The maximum atomic E-state index is 4.82. The lowest BCUT2D eigenvalue weighted by molar-refractivity contribution is 1.16. The summed E-state index contributed by atoms with van der Waals surface area (Å²) in [6, 6.07) is 46.7. The maximum absolute atomic E-state index is 4.82. The van der Waals surface area contributed by atoms with E-state index in [1.165, 1.54) is 21.7 Å². The van der Waals surface area contributed by atoms with E-state index in [2.05, 4.69) is 140 Å². The minimum absolute atomic E-state index is 0.834. The molecule has 6 aromatic heterocycles. The molecule has 10 aromatic rings. The van der Waals surface area contributed by atoms with Gasteiger partial charge in [0.15, 0.2) is 0 Å². The summed E-state index contributed by atoms with van der Waals surface area (Å²) in [7, 11) is 0. The van der Waals surface area contributed by atoms with Crippen molar-refractivity contribution >= 4 is 43.6 Å². The number of benzene rings is 4. The molecule has 50 heavy (non-hydrogen) atoms. The highest BCUT2D eigenvalue weighted by Crippen LogP contribution is 2.34. The van der Waals surface area contributed by atoms with Gasteiger partial charge in [0.25, 0.3) is 0 Å². The number of fused-ring (bicyclic) bond motifs is 6. The highest BCUT2D eigenvalue weighted by atomic mass is 15.0. The van der Waals surface area contributed by atoms with Gasteiger partial charge in [-0.1, -0.05) is 72.8 Å². The number of hydrogen-bond donors (Lipinski definition) is 0. The van der Waals surface area contributed by atoms with Crippen LogP contribution in [-0.2, 0) is 0 Å². The fraction of sp³-hybridized carbons (Fsp3) is 0. The van der Waals surface area contributed by atoms with Crippen LogP contribution in [0.5, 0.6) is 0 Å². The number of aromatic nitrogens is 6. The molecular weight excluding hydrogens is 613 g/mol. The predicted octanol–water partition coefficient (Wildman–Crippen LogP) is 10.5. The van der Waals surface area contributed by atoms with E-state index in [0.717, 1.165) is 67.0 Å². The third-order valence-electron chi connectivity index (χ3n) is 9.64. The van der Waals surface area contributed by atoms with Crippen molar-refractivity contribution in [3.05, 3.63) is 171 Å². The maximum Gasteiger partial charge on any atom is 0.0886 e. The molecule has 0 bridgehead atoms. The summed E-state index contributed by atoms with van der Waals surface area (Å²) in [5.74, 6) is 0. The molecule has 0 atom stereocenters. The Morgan fingerprint density at radius 2 is 0.920 bits per heavy atom. The molecule has 0 unspecified atom stereocenters. The topological polar surface area (TPSA) is 61.4 Å². The fourth-order valence-corrected chi connectivity index (χ4v) is 7.25. The first-order valence-electron chi connectivity index (χ1n) is 16.6. The summed E-state index contributed by atoms with van der Waals surface area (Å²) >= 11 is 0. The van der Waals surface area contributed by atoms with E-state index in [9.17, 15) is 0 Å². The quantitative estimate of drug-likeness (QED) is 0.188. The van der Waals surface area contributed by atoms with Crippen molar-refractivity contribution < 1.29 is 0 Å². The van der Waals surface area contributed by atoms with Crippen molar-refractivity contribution in [2.45, 2.75) is 0 Å². The zero-order chi connectivity index (χ0) is 33.0. The lowest BCUT2D eigenvalue weighted by Crippen LogP contribution is -1.95. The smallest absolute Gasteiger partial charge is 0.0886 e. The molecule has 0 saturated carbocycles. The molecule has 4 aromatic carbocycles. The van der Waals surface area contributed by atoms with Crippen LogP contribution in [-0.4, -0.2) is 29.1 Å². The van der Waals surface area contributed by atoms with Gasteiger partial charge in [-0.25, -0.2) is 0 Å². The summed E-state index contributed by atoms with van der Waals surface area (Å²) in [5.41, 5.74) is 12.7. The van der Waals surface area contributed by atoms with Gasteiger partial charge in [-0.15, -0.1) is 0 Å². The van der Waals surface area contributed by atoms with E-state index in [1.807, 2.05) is 49.3 Å². The molecule has 0 aliphatic heterocycles. The molecule has 10 rings (SSSR count). The SMILES string of the molecule is c1cc(-c2ccc(-c3ccc(-c4ccc(-n5c6ccccc6c6cnccc65)cc4)cn3)nc2)cc(-n2c3ccccc3c3ccncc32)c1. The standard InChI is InChI=1S/C44H28N6/c1-3-10-41-35(8-1)37-20-22-46-28-44(37)50(41)34-7-5-6-30(24-34)32-15-19-40(48-26-32)39-18-14-31(25-47-39)29-12-16-33(17-13-29)49-42-11-4-2-9-36(42)38-27-45-23-21-43(38)49/h1-28H. The monoisotopic (exact) mass is 640 g/mol. The Balaban J connectivity index is 0.920. The third-order valence-corrected chi connectivity index (χ3v) is 9.64. The van der Waals surface area contributed by atoms with Crippen molar-refractivity contribution in [3.8, 4) is 45.0 Å². The predicted molar refractivity (Wildman–Crippen MR) is 203 cm³/mol. The summed E-state index contributed by atoms with van der Waals surface area (Å²) in [4.78, 5) is 18.4. The minimum atomic E-state index is 0.834. The largest absolute Gasteiger partial charge is 0.309 e. The second-order valence-electron chi connectivity index (χ2n) is 12.5. The van der Waals surface area contributed by atoms with Gasteiger partial charge >= 0.3 is 0 Å². The van der Waals surface area contributed by atoms with Crippen LogP contribution >= 0.6 is 0 Å². The van der Waals surface area contributed by atoms with Crippen LogP contribution in [0.15, 0.2) is 171 Å². The highest BCUT2D eigenvalue weighted by Gasteiger charge is 2.14. The number of hydrogen-bond acceptors (Lipinski definition) is 4. The molecule has 0 N–H and O–H groups in total. The Labute approximate surface area is 287 Å². The molecule has 0 aliphatic rings. The molecule has 0 amide bonds. The average Bonchev–Trinajstić information content (AvgIpc) is 3.71. The van der Waals surface area contributed by atoms with Gasteiger partial charge in [-0.2, -0.15) is 0 Å². The molecule has 0 aliphatic carbocycles. The van der Waals surface area contributed by atoms with Crippen molar-refractivity contribution in [2.75, 3.05) is 0 Å². The van der Waals surface area contributed by atoms with Gasteiger partial charge < -0.3 is 9.13 Å². The van der Waals surface area contributed by atoms with Crippen molar-refractivity contribution in [1.29, 1.82) is 0 Å². The second kappa shape index (κ2) is 11.4. The summed E-state index contributed by atoms with van der Waals surface area (Å²) in [6.45, 7) is 0. The molecule has 0 spiro atoms. The first kappa shape index (κ1) is 28.1. The Kier molecular flexibility index (Phi) is 6.39. The van der Waals surface area contributed by atoms with Crippen molar-refractivity contribution in [3.63, 3.8) is 0 Å². The number of pyridine rings is 4. The highest BCUT2D eigenvalue weighted by molar-refractivity contribution is 6.09. The lowest BCUT2D eigenvalue weighted by Gasteiger charge is -2.10. The molecule has 234 valence electrons. The molecule has 6 nitrogen and oxygen atoms in total. The third kappa shape index (κ3) is 4.50. The van der Waals surface area contributed by atoms with Crippen LogP contribution in [0.4, 0.5) is 0 Å². The first-order valence-corrected chi connectivity index (χ1v) is 16.6. The van der Waals surface area contributed by atoms with E-state index in [-0.39, 0.29) is 0 Å². The molecule has 6 heteroatoms. The zero-order valence-corrected chi connectivity index (χ0v) is 26.8. The average molecular weight is 641 g/mol. The minimum Gasteiger partial charge on any atom is -0.309 e. The number of rotatable bonds is 5. The number of para-hydroxylation sites is 2. The Morgan fingerprint density at radius 3 is 1.64 bits per heavy atom. The molecule has 6 heterocycles. The summed E-state index contributed by atoms with van der Waals surface area (Å²) < 4.78 is 4.58. The van der Waals surface area contributed by atoms with E-state index >= 15 is 0 Å². The zero-order valence-electron chi connectivity index (χ0n) is 26.8. The van der Waals surface area contributed by atoms with E-state index in [4.69, 9.17) is 9.97 Å². The fourth-order valence-electron chi connectivity index (χ4n) is 7.25. The van der Waals surface area contributed by atoms with Crippen LogP contribution < -0.4 is 0 Å². The Morgan fingerprint density at radius 1 is 0.340 bits per heavy atom. The van der Waals surface area contributed by atoms with Crippen LogP contribution in [0, 0.1) is 0 Å². The second-order valence-corrected chi connectivity index (χ2v) is 12.5. The molecule has 0 radical (unpaired) electrons. The molecule has 0 saturated heterocycles. The molecule has 0 fully saturated rings. The first-order chi connectivity index (χ1) is 24.8. The van der Waals surface area contributed by atoms with Gasteiger partial charge in [0.05, 0.1) is 39.7 Å². The normalized spacial score (nSPS) is 11.6. The molecular formula is C44H28N6. The van der Waals surface area contributed by atoms with Gasteiger partial charge in [0, 0.05) is 75.0 Å². The van der Waals surface area contributed by atoms with Crippen LogP contribution in [0.3, 0.4) is 0 Å². The Hall–Kier alpha value is -6.92. The van der Waals surface area contributed by atoms with Gasteiger partial charge in [0.1, 0.15) is 0 Å². The van der Waals surface area contributed by atoms with E-state index in [0.29, 0.717) is 0 Å². The van der Waals surface area contributed by atoms with Crippen LogP contribution in [0.1, 0.15) is 0 Å². The van der Waals surface area contributed by atoms with E-state index < -0.39 is 0 Å². The number of nitrogens with zero attached hydrogens (tertiary/aromatic N) is 6. The van der Waals surface area contributed by atoms with E-state index in [1.54, 1.807) is 0 Å². The van der Waals surface area contributed by atoms with Gasteiger partial charge in [0.2, 0.25) is 0 Å².